The number of ether oxygens (including phenoxy) is 1. The molecule has 2 rings (SSSR count). The molecule has 1 fully saturated rings. The van der Waals surface area contributed by atoms with Gasteiger partial charge in [-0.2, -0.15) is 0 Å². The molecule has 2 amide bonds. The number of benzene rings is 1. The number of amides is 2. The molecule has 0 saturated carbocycles. The summed E-state index contributed by atoms with van der Waals surface area (Å²) in [7, 11) is 0. The zero-order chi connectivity index (χ0) is 30.1. The molecule has 226 valence electrons. The lowest BCUT2D eigenvalue weighted by Crippen LogP contribution is -2.57. The summed E-state index contributed by atoms with van der Waals surface area (Å²) in [6.45, 7) is 15.5. The lowest BCUT2D eigenvalue weighted by Gasteiger charge is -2.41. The molecule has 9 heteroatoms. The second kappa shape index (κ2) is 14.4. The van der Waals surface area contributed by atoms with Gasteiger partial charge in [-0.1, -0.05) is 58.0 Å². The Morgan fingerprint density at radius 3 is 2.23 bits per heavy atom. The summed E-state index contributed by atoms with van der Waals surface area (Å²) in [5.41, 5.74) is 4.11. The first-order valence-electron chi connectivity index (χ1n) is 14.6. The molecular formula is C31H52N4O5. The van der Waals surface area contributed by atoms with Crippen LogP contribution >= 0.6 is 0 Å². The number of hydrogen-bond acceptors (Lipinski definition) is 7. The quantitative estimate of drug-likeness (QED) is 0.296. The average molecular weight is 561 g/mol. The monoisotopic (exact) mass is 560 g/mol. The molecule has 0 radical (unpaired) electrons. The topological polar surface area (TPSA) is 125 Å². The summed E-state index contributed by atoms with van der Waals surface area (Å²) in [6, 6.07) is 8.69. The Morgan fingerprint density at radius 1 is 1.07 bits per heavy atom. The third-order valence-electron chi connectivity index (χ3n) is 7.22. The second-order valence-electron chi connectivity index (χ2n) is 13.3. The van der Waals surface area contributed by atoms with Gasteiger partial charge in [-0.15, -0.1) is 0 Å². The number of carbonyl (C=O) groups excluding carboxylic acids is 3. The SMILES string of the molecule is CC(C)CN(C(=O)OC(C)(C)C)C(O)(CCNC(=O)CC(C)(C)C(N)C(=O)CN1CCCC1)Cc1ccccc1. The lowest BCUT2D eigenvalue weighted by molar-refractivity contribution is -0.127. The standard InChI is InChI=1S/C31H52N4O5/c1-23(2)21-35(28(38)40-29(3,4)5)31(39,19-24-13-9-8-10-14-24)15-16-33-26(37)20-30(6,7)27(32)25(36)22-34-17-11-12-18-34/h8-10,13-14,23,27,39H,11-12,15-22,32H2,1-7H3,(H,33,37). The van der Waals surface area contributed by atoms with Crippen molar-refractivity contribution >= 4 is 17.8 Å². The fourth-order valence-corrected chi connectivity index (χ4v) is 5.02. The minimum absolute atomic E-state index is 0.0568. The number of nitrogens with zero attached hydrogens (tertiary/aromatic N) is 2. The van der Waals surface area contributed by atoms with Crippen LogP contribution in [0.3, 0.4) is 0 Å². The van der Waals surface area contributed by atoms with Gasteiger partial charge in [0.1, 0.15) is 11.3 Å². The third kappa shape index (κ3) is 10.8. The molecule has 1 saturated heterocycles. The highest BCUT2D eigenvalue weighted by atomic mass is 16.6. The second-order valence-corrected chi connectivity index (χ2v) is 13.3. The van der Waals surface area contributed by atoms with E-state index >= 15 is 0 Å². The van der Waals surface area contributed by atoms with E-state index < -0.39 is 28.9 Å². The third-order valence-corrected chi connectivity index (χ3v) is 7.22. The predicted molar refractivity (Wildman–Crippen MR) is 158 cm³/mol. The highest BCUT2D eigenvalue weighted by molar-refractivity contribution is 5.87. The molecule has 1 aliphatic heterocycles. The molecular weight excluding hydrogens is 508 g/mol. The van der Waals surface area contributed by atoms with Crippen LogP contribution in [0.4, 0.5) is 4.79 Å². The van der Waals surface area contributed by atoms with Gasteiger partial charge in [0.25, 0.3) is 0 Å². The van der Waals surface area contributed by atoms with Crippen LogP contribution in [0.1, 0.15) is 79.7 Å². The highest BCUT2D eigenvalue weighted by Crippen LogP contribution is 2.28. The lowest BCUT2D eigenvalue weighted by atomic mass is 9.79. The van der Waals surface area contributed by atoms with Crippen molar-refractivity contribution in [1.29, 1.82) is 0 Å². The first-order valence-corrected chi connectivity index (χ1v) is 14.6. The van der Waals surface area contributed by atoms with Crippen molar-refractivity contribution in [3.8, 4) is 0 Å². The molecule has 0 spiro atoms. The number of Topliss-reactive ketones (excluding diaryl/α,β-unsaturated/α-hetero) is 1. The Bertz CT molecular complexity index is 970. The van der Waals surface area contributed by atoms with E-state index in [0.29, 0.717) is 6.54 Å². The van der Waals surface area contributed by atoms with Gasteiger partial charge in [-0.05, 0) is 63.6 Å². The Hall–Kier alpha value is -2.49. The summed E-state index contributed by atoms with van der Waals surface area (Å²) in [5.74, 6) is -0.243. The molecule has 40 heavy (non-hydrogen) atoms. The zero-order valence-electron chi connectivity index (χ0n) is 25.7. The molecule has 1 aromatic rings. The average Bonchev–Trinajstić information content (AvgIpc) is 3.34. The van der Waals surface area contributed by atoms with E-state index in [4.69, 9.17) is 10.5 Å². The van der Waals surface area contributed by atoms with Gasteiger partial charge in [0, 0.05) is 32.4 Å². The summed E-state index contributed by atoms with van der Waals surface area (Å²) in [4.78, 5) is 42.5. The summed E-state index contributed by atoms with van der Waals surface area (Å²) in [5, 5.41) is 14.9. The Labute approximate surface area is 240 Å². The summed E-state index contributed by atoms with van der Waals surface area (Å²) >= 11 is 0. The van der Waals surface area contributed by atoms with Gasteiger partial charge in [-0.25, -0.2) is 4.79 Å². The van der Waals surface area contributed by atoms with Crippen LogP contribution in [0.2, 0.25) is 0 Å². The molecule has 2 atom stereocenters. The number of ketones is 1. The van der Waals surface area contributed by atoms with Crippen LogP contribution < -0.4 is 11.1 Å². The smallest absolute Gasteiger partial charge is 0.412 e. The molecule has 9 nitrogen and oxygen atoms in total. The zero-order valence-corrected chi connectivity index (χ0v) is 25.7. The van der Waals surface area contributed by atoms with E-state index in [9.17, 15) is 19.5 Å². The van der Waals surface area contributed by atoms with Gasteiger partial charge >= 0.3 is 6.09 Å². The fraction of sp³-hybridized carbons (Fsp3) is 0.710. The minimum Gasteiger partial charge on any atom is -0.444 e. The van der Waals surface area contributed by atoms with E-state index in [1.54, 1.807) is 20.8 Å². The number of nitrogens with two attached hydrogens (primary N) is 1. The van der Waals surface area contributed by atoms with Crippen LogP contribution in [0.15, 0.2) is 30.3 Å². The normalized spacial score (nSPS) is 16.9. The van der Waals surface area contributed by atoms with E-state index in [0.717, 1.165) is 31.5 Å². The van der Waals surface area contributed by atoms with Crippen molar-refractivity contribution < 1.29 is 24.2 Å². The Balaban J connectivity index is 2.11. The number of likely N-dealkylation sites (tertiary alicyclic amines) is 1. The van der Waals surface area contributed by atoms with Crippen LogP contribution in [0.5, 0.6) is 0 Å². The van der Waals surface area contributed by atoms with E-state index in [1.807, 2.05) is 58.0 Å². The minimum atomic E-state index is -1.60. The predicted octanol–water partition coefficient (Wildman–Crippen LogP) is 3.73. The van der Waals surface area contributed by atoms with Crippen LogP contribution in [0.25, 0.3) is 0 Å². The van der Waals surface area contributed by atoms with E-state index in [1.165, 1.54) is 4.90 Å². The first-order chi connectivity index (χ1) is 18.5. The Kier molecular flexibility index (Phi) is 12.2. The fourth-order valence-electron chi connectivity index (χ4n) is 5.02. The largest absolute Gasteiger partial charge is 0.444 e. The van der Waals surface area contributed by atoms with Gasteiger partial charge in [0.05, 0.1) is 12.6 Å². The van der Waals surface area contributed by atoms with Crippen molar-refractivity contribution in [2.75, 3.05) is 32.7 Å². The van der Waals surface area contributed by atoms with E-state index in [2.05, 4.69) is 10.2 Å². The highest BCUT2D eigenvalue weighted by Gasteiger charge is 2.41. The van der Waals surface area contributed by atoms with Crippen molar-refractivity contribution in [2.24, 2.45) is 17.1 Å². The maximum atomic E-state index is 13.3. The van der Waals surface area contributed by atoms with Gasteiger partial charge < -0.3 is 20.9 Å². The number of aliphatic hydroxyl groups is 1. The van der Waals surface area contributed by atoms with Gasteiger partial charge in [0.15, 0.2) is 5.78 Å². The Morgan fingerprint density at radius 2 is 1.68 bits per heavy atom. The van der Waals surface area contributed by atoms with E-state index in [-0.39, 0.29) is 50.0 Å². The number of nitrogens with one attached hydrogen (secondary N) is 1. The number of carbonyl (C=O) groups is 3. The van der Waals surface area contributed by atoms with Gasteiger partial charge in [0.2, 0.25) is 5.91 Å². The number of rotatable bonds is 14. The maximum absolute atomic E-state index is 13.3. The molecule has 0 aromatic heterocycles. The van der Waals surface area contributed by atoms with Crippen LogP contribution in [0, 0.1) is 11.3 Å². The molecule has 1 aliphatic rings. The molecule has 1 heterocycles. The van der Waals surface area contributed by atoms with Crippen molar-refractivity contribution in [2.45, 2.75) is 97.9 Å². The van der Waals surface area contributed by atoms with Crippen molar-refractivity contribution in [3.05, 3.63) is 35.9 Å². The van der Waals surface area contributed by atoms with Crippen molar-refractivity contribution in [1.82, 2.24) is 15.1 Å². The summed E-state index contributed by atoms with van der Waals surface area (Å²) in [6.07, 6.45) is 1.92. The van der Waals surface area contributed by atoms with Crippen LogP contribution in [-0.2, 0) is 20.7 Å². The molecule has 2 unspecified atom stereocenters. The summed E-state index contributed by atoms with van der Waals surface area (Å²) < 4.78 is 5.66. The van der Waals surface area contributed by atoms with Crippen molar-refractivity contribution in [3.63, 3.8) is 0 Å². The maximum Gasteiger partial charge on any atom is 0.412 e. The molecule has 0 bridgehead atoms. The molecule has 1 aromatic carbocycles. The molecule has 0 aliphatic carbocycles. The van der Waals surface area contributed by atoms with Crippen LogP contribution in [-0.4, -0.2) is 82.8 Å². The first kappa shape index (κ1) is 33.7. The van der Waals surface area contributed by atoms with Gasteiger partial charge in [-0.3, -0.25) is 19.4 Å². The molecule has 4 N–H and O–H groups in total. The number of hydrogen-bond donors (Lipinski definition) is 3.